The van der Waals surface area contributed by atoms with E-state index in [1.807, 2.05) is 0 Å². The molecule has 21 heavy (non-hydrogen) atoms. The summed E-state index contributed by atoms with van der Waals surface area (Å²) in [6.45, 7) is 0. The fourth-order valence-corrected chi connectivity index (χ4v) is 2.82. The lowest BCUT2D eigenvalue weighted by atomic mass is 9.80. The second kappa shape index (κ2) is 5.15. The van der Waals surface area contributed by atoms with E-state index >= 15 is 0 Å². The molecule has 0 aromatic heterocycles. The first kappa shape index (κ1) is 14.1. The average molecular weight is 289 g/mol. The van der Waals surface area contributed by atoms with Crippen molar-refractivity contribution in [2.75, 3.05) is 0 Å². The number of nitrogens with one attached hydrogen (secondary N) is 1. The molecule has 2 saturated carbocycles. The average Bonchev–Trinajstić information content (AvgIpc) is 3.17. The minimum atomic E-state index is -0.962. The van der Waals surface area contributed by atoms with Gasteiger partial charge >= 0.3 is 5.97 Å². The molecule has 3 rings (SSSR count). The molecule has 2 fully saturated rings. The second-order valence-electron chi connectivity index (χ2n) is 6.09. The maximum atomic E-state index is 12.1. The Labute approximate surface area is 123 Å². The first-order valence-corrected chi connectivity index (χ1v) is 7.36. The van der Waals surface area contributed by atoms with E-state index in [1.165, 1.54) is 0 Å². The molecule has 0 saturated heterocycles. The quantitative estimate of drug-likeness (QED) is 0.769. The SMILES string of the molecule is O=C(O)c1ccc(C2(NC(=O)[C@H](O)C3CCC3)CC2)cc1. The number of hydrogen-bond donors (Lipinski definition) is 3. The van der Waals surface area contributed by atoms with Crippen molar-refractivity contribution in [3.8, 4) is 0 Å². The van der Waals surface area contributed by atoms with E-state index in [2.05, 4.69) is 5.32 Å². The summed E-state index contributed by atoms with van der Waals surface area (Å²) in [6.07, 6.45) is 3.63. The van der Waals surface area contributed by atoms with Gasteiger partial charge in [-0.2, -0.15) is 0 Å². The molecule has 0 radical (unpaired) electrons. The Balaban J connectivity index is 1.69. The molecule has 0 unspecified atom stereocenters. The summed E-state index contributed by atoms with van der Waals surface area (Å²) in [6, 6.07) is 6.58. The Morgan fingerprint density at radius 3 is 2.24 bits per heavy atom. The highest BCUT2D eigenvalue weighted by atomic mass is 16.4. The lowest BCUT2D eigenvalue weighted by Gasteiger charge is -2.30. The zero-order chi connectivity index (χ0) is 15.0. The third kappa shape index (κ3) is 2.65. The van der Waals surface area contributed by atoms with Crippen molar-refractivity contribution in [2.24, 2.45) is 5.92 Å². The van der Waals surface area contributed by atoms with Gasteiger partial charge in [0.1, 0.15) is 6.10 Å². The van der Waals surface area contributed by atoms with Crippen LogP contribution in [-0.2, 0) is 10.3 Å². The molecule has 5 nitrogen and oxygen atoms in total. The largest absolute Gasteiger partial charge is 0.478 e. The highest BCUT2D eigenvalue weighted by molar-refractivity contribution is 5.87. The Bertz CT molecular complexity index is 558. The number of carboxylic acid groups (broad SMARTS) is 1. The van der Waals surface area contributed by atoms with Gasteiger partial charge in [-0.05, 0) is 49.3 Å². The molecular weight excluding hydrogens is 270 g/mol. The maximum Gasteiger partial charge on any atom is 0.335 e. The fraction of sp³-hybridized carbons (Fsp3) is 0.500. The monoisotopic (exact) mass is 289 g/mol. The lowest BCUT2D eigenvalue weighted by molar-refractivity contribution is -0.134. The Morgan fingerprint density at radius 2 is 1.81 bits per heavy atom. The number of amides is 1. The summed E-state index contributed by atoms with van der Waals surface area (Å²) in [5.74, 6) is -1.18. The van der Waals surface area contributed by atoms with Gasteiger partial charge in [0, 0.05) is 0 Å². The molecule has 5 heteroatoms. The van der Waals surface area contributed by atoms with Crippen molar-refractivity contribution in [1.29, 1.82) is 0 Å². The Morgan fingerprint density at radius 1 is 1.19 bits per heavy atom. The number of aliphatic hydroxyl groups is 1. The lowest BCUT2D eigenvalue weighted by Crippen LogP contribution is -2.46. The molecule has 2 aliphatic carbocycles. The summed E-state index contributed by atoms with van der Waals surface area (Å²) < 4.78 is 0. The molecule has 2 aliphatic rings. The minimum Gasteiger partial charge on any atom is -0.478 e. The molecule has 0 spiro atoms. The van der Waals surface area contributed by atoms with E-state index in [4.69, 9.17) is 5.11 Å². The van der Waals surface area contributed by atoms with E-state index in [0.29, 0.717) is 0 Å². The fourth-order valence-electron chi connectivity index (χ4n) is 2.82. The zero-order valence-electron chi connectivity index (χ0n) is 11.7. The molecule has 1 aromatic carbocycles. The van der Waals surface area contributed by atoms with Crippen molar-refractivity contribution in [3.63, 3.8) is 0 Å². The van der Waals surface area contributed by atoms with Gasteiger partial charge in [-0.15, -0.1) is 0 Å². The van der Waals surface area contributed by atoms with Gasteiger partial charge in [-0.3, -0.25) is 4.79 Å². The van der Waals surface area contributed by atoms with Crippen molar-refractivity contribution in [1.82, 2.24) is 5.32 Å². The van der Waals surface area contributed by atoms with Crippen LogP contribution in [-0.4, -0.2) is 28.2 Å². The van der Waals surface area contributed by atoms with Crippen LogP contribution in [0.5, 0.6) is 0 Å². The summed E-state index contributed by atoms with van der Waals surface area (Å²) in [5, 5.41) is 21.9. The van der Waals surface area contributed by atoms with Crippen LogP contribution < -0.4 is 5.32 Å². The van der Waals surface area contributed by atoms with Crippen LogP contribution in [0.1, 0.15) is 48.0 Å². The van der Waals surface area contributed by atoms with E-state index < -0.39 is 17.6 Å². The molecule has 0 aliphatic heterocycles. The first-order valence-electron chi connectivity index (χ1n) is 7.36. The number of carbonyl (C=O) groups excluding carboxylic acids is 1. The van der Waals surface area contributed by atoms with Crippen LogP contribution in [0.2, 0.25) is 0 Å². The Hall–Kier alpha value is -1.88. The summed E-state index contributed by atoms with van der Waals surface area (Å²) in [7, 11) is 0. The van der Waals surface area contributed by atoms with E-state index in [-0.39, 0.29) is 17.4 Å². The van der Waals surface area contributed by atoms with Gasteiger partial charge in [0.05, 0.1) is 11.1 Å². The van der Waals surface area contributed by atoms with Crippen LogP contribution >= 0.6 is 0 Å². The summed E-state index contributed by atoms with van der Waals surface area (Å²) in [5.41, 5.74) is 0.718. The van der Waals surface area contributed by atoms with Crippen LogP contribution in [0.25, 0.3) is 0 Å². The van der Waals surface area contributed by atoms with Crippen molar-refractivity contribution < 1.29 is 19.8 Å². The van der Waals surface area contributed by atoms with Gasteiger partial charge in [-0.25, -0.2) is 4.79 Å². The molecule has 1 atom stereocenters. The van der Waals surface area contributed by atoms with Gasteiger partial charge in [0.25, 0.3) is 0 Å². The van der Waals surface area contributed by atoms with Gasteiger partial charge < -0.3 is 15.5 Å². The summed E-state index contributed by atoms with van der Waals surface area (Å²) >= 11 is 0. The van der Waals surface area contributed by atoms with E-state index in [0.717, 1.165) is 37.7 Å². The molecule has 3 N–H and O–H groups in total. The highest BCUT2D eigenvalue weighted by Crippen LogP contribution is 2.45. The normalized spacial score (nSPS) is 21.2. The number of hydrogen-bond acceptors (Lipinski definition) is 3. The topological polar surface area (TPSA) is 86.6 Å². The zero-order valence-corrected chi connectivity index (χ0v) is 11.7. The predicted molar refractivity (Wildman–Crippen MR) is 75.8 cm³/mol. The van der Waals surface area contributed by atoms with Crippen LogP contribution in [0.4, 0.5) is 0 Å². The number of carbonyl (C=O) groups is 2. The van der Waals surface area contributed by atoms with Crippen molar-refractivity contribution in [2.45, 2.75) is 43.7 Å². The Kier molecular flexibility index (Phi) is 3.45. The standard InChI is InChI=1S/C16H19NO4/c18-13(10-2-1-3-10)14(19)17-16(8-9-16)12-6-4-11(5-7-12)15(20)21/h4-7,10,13,18H,1-3,8-9H2,(H,17,19)(H,20,21)/t13-/m1/s1. The predicted octanol–water partition coefficient (Wildman–Crippen LogP) is 1.65. The van der Waals surface area contributed by atoms with Gasteiger partial charge in [0.2, 0.25) is 5.91 Å². The van der Waals surface area contributed by atoms with Crippen LogP contribution in [0.15, 0.2) is 24.3 Å². The number of aromatic carboxylic acids is 1. The third-order valence-electron chi connectivity index (χ3n) is 4.66. The molecule has 0 bridgehead atoms. The molecule has 0 heterocycles. The smallest absolute Gasteiger partial charge is 0.335 e. The van der Waals surface area contributed by atoms with Crippen molar-refractivity contribution in [3.05, 3.63) is 35.4 Å². The van der Waals surface area contributed by atoms with Crippen LogP contribution in [0, 0.1) is 5.92 Å². The van der Waals surface area contributed by atoms with E-state index in [1.54, 1.807) is 24.3 Å². The molecular formula is C16H19NO4. The minimum absolute atomic E-state index is 0.0928. The first-order chi connectivity index (χ1) is 10.0. The van der Waals surface area contributed by atoms with E-state index in [9.17, 15) is 14.7 Å². The third-order valence-corrected chi connectivity index (χ3v) is 4.66. The van der Waals surface area contributed by atoms with Crippen molar-refractivity contribution >= 4 is 11.9 Å². The molecule has 1 aromatic rings. The van der Waals surface area contributed by atoms with Gasteiger partial charge in [0.15, 0.2) is 0 Å². The number of carboxylic acids is 1. The van der Waals surface area contributed by atoms with Gasteiger partial charge in [-0.1, -0.05) is 18.6 Å². The van der Waals surface area contributed by atoms with Crippen LogP contribution in [0.3, 0.4) is 0 Å². The molecule has 112 valence electrons. The summed E-state index contributed by atoms with van der Waals surface area (Å²) in [4.78, 5) is 23.0. The highest BCUT2D eigenvalue weighted by Gasteiger charge is 2.47. The number of aliphatic hydroxyl groups excluding tert-OH is 1. The number of rotatable bonds is 5. The second-order valence-corrected chi connectivity index (χ2v) is 6.09. The number of benzene rings is 1. The molecule has 1 amide bonds. The maximum absolute atomic E-state index is 12.1.